The Balaban J connectivity index is 1.54. The molecule has 1 atom stereocenters. The Bertz CT molecular complexity index is 927. The number of nitrogens with zero attached hydrogens (tertiary/aromatic N) is 5. The molecule has 1 fully saturated rings. The van der Waals surface area contributed by atoms with Gasteiger partial charge in [-0.1, -0.05) is 23.4 Å². The molecule has 2 aromatic heterocycles. The molecule has 3 heterocycles. The van der Waals surface area contributed by atoms with E-state index in [-0.39, 0.29) is 11.9 Å². The number of carbonyl (C=O) groups excluding carboxylic acids is 1. The molecular weight excluding hydrogens is 354 g/mol. The molecule has 0 N–H and O–H groups in total. The van der Waals surface area contributed by atoms with Gasteiger partial charge in [0, 0.05) is 24.2 Å². The van der Waals surface area contributed by atoms with Gasteiger partial charge in [-0.05, 0) is 51.7 Å². The minimum absolute atomic E-state index is 0.0476. The molecule has 1 aliphatic heterocycles. The van der Waals surface area contributed by atoms with E-state index in [9.17, 15) is 4.79 Å². The van der Waals surface area contributed by atoms with Crippen LogP contribution in [-0.2, 0) is 11.2 Å². The minimum atomic E-state index is -0.0476. The van der Waals surface area contributed by atoms with E-state index in [0.29, 0.717) is 12.8 Å². The number of para-hydroxylation sites is 1. The average Bonchev–Trinajstić information content (AvgIpc) is 3.34. The number of benzene rings is 1. The van der Waals surface area contributed by atoms with Crippen LogP contribution in [0.4, 0.5) is 0 Å². The standard InChI is InChI=1S/C21H25N5O2/c1-15-18(16(2)28-24-15)11-12-20(27)25-13-7-6-10-19(25)21-23-22-14-26(21)17-8-4-3-5-9-17/h3-5,8-9,14,19H,6-7,10-13H2,1-2H3. The normalized spacial score (nSPS) is 17.1. The quantitative estimate of drug-likeness (QED) is 0.677. The van der Waals surface area contributed by atoms with E-state index in [1.165, 1.54) is 0 Å². The van der Waals surface area contributed by atoms with E-state index in [0.717, 1.165) is 54.3 Å². The molecule has 0 radical (unpaired) electrons. The molecule has 1 aromatic carbocycles. The van der Waals surface area contributed by atoms with Crippen molar-refractivity contribution in [2.75, 3.05) is 6.54 Å². The first-order valence-corrected chi connectivity index (χ1v) is 9.81. The zero-order valence-corrected chi connectivity index (χ0v) is 16.3. The van der Waals surface area contributed by atoms with Crippen LogP contribution >= 0.6 is 0 Å². The largest absolute Gasteiger partial charge is 0.361 e. The van der Waals surface area contributed by atoms with Gasteiger partial charge >= 0.3 is 0 Å². The van der Waals surface area contributed by atoms with Gasteiger partial charge in [-0.2, -0.15) is 0 Å². The van der Waals surface area contributed by atoms with Gasteiger partial charge in [-0.25, -0.2) is 0 Å². The number of rotatable bonds is 5. The fourth-order valence-electron chi connectivity index (χ4n) is 3.99. The van der Waals surface area contributed by atoms with Crippen molar-refractivity contribution in [1.29, 1.82) is 0 Å². The summed E-state index contributed by atoms with van der Waals surface area (Å²) in [6, 6.07) is 9.98. The molecule has 0 spiro atoms. The molecule has 0 bridgehead atoms. The molecule has 0 saturated carbocycles. The number of aromatic nitrogens is 4. The second kappa shape index (κ2) is 7.96. The topological polar surface area (TPSA) is 77.1 Å². The summed E-state index contributed by atoms with van der Waals surface area (Å²) in [6.07, 6.45) is 5.83. The Kier molecular flexibility index (Phi) is 5.23. The fourth-order valence-corrected chi connectivity index (χ4v) is 3.99. The highest BCUT2D eigenvalue weighted by atomic mass is 16.5. The Morgan fingerprint density at radius 2 is 2.04 bits per heavy atom. The summed E-state index contributed by atoms with van der Waals surface area (Å²) < 4.78 is 7.21. The average molecular weight is 379 g/mol. The molecule has 1 aliphatic rings. The van der Waals surface area contributed by atoms with Crippen molar-refractivity contribution in [2.24, 2.45) is 0 Å². The monoisotopic (exact) mass is 379 g/mol. The first-order chi connectivity index (χ1) is 13.6. The Hall–Kier alpha value is -2.96. The van der Waals surface area contributed by atoms with Gasteiger partial charge in [-0.15, -0.1) is 10.2 Å². The van der Waals surface area contributed by atoms with Gasteiger partial charge in [0.2, 0.25) is 5.91 Å². The van der Waals surface area contributed by atoms with E-state index in [1.807, 2.05) is 53.6 Å². The molecule has 1 unspecified atom stereocenters. The van der Waals surface area contributed by atoms with Gasteiger partial charge in [-0.3, -0.25) is 9.36 Å². The highest BCUT2D eigenvalue weighted by molar-refractivity contribution is 5.77. The molecule has 1 saturated heterocycles. The van der Waals surface area contributed by atoms with Crippen LogP contribution in [0, 0.1) is 13.8 Å². The molecule has 7 heteroatoms. The van der Waals surface area contributed by atoms with Gasteiger partial charge in [0.05, 0.1) is 11.7 Å². The van der Waals surface area contributed by atoms with Crippen molar-refractivity contribution in [2.45, 2.75) is 52.0 Å². The maximum atomic E-state index is 13.1. The molecular formula is C21H25N5O2. The minimum Gasteiger partial charge on any atom is -0.361 e. The van der Waals surface area contributed by atoms with Crippen LogP contribution in [0.5, 0.6) is 0 Å². The predicted molar refractivity (Wildman–Crippen MR) is 104 cm³/mol. The van der Waals surface area contributed by atoms with E-state index >= 15 is 0 Å². The summed E-state index contributed by atoms with van der Waals surface area (Å²) in [7, 11) is 0. The predicted octanol–water partition coefficient (Wildman–Crippen LogP) is 3.56. The lowest BCUT2D eigenvalue weighted by molar-refractivity contribution is -0.135. The van der Waals surface area contributed by atoms with Crippen molar-refractivity contribution in [3.63, 3.8) is 0 Å². The van der Waals surface area contributed by atoms with Gasteiger partial charge < -0.3 is 9.42 Å². The second-order valence-corrected chi connectivity index (χ2v) is 7.30. The molecule has 3 aromatic rings. The van der Waals surface area contributed by atoms with Crippen LogP contribution in [0.25, 0.3) is 5.69 Å². The molecule has 0 aliphatic carbocycles. The van der Waals surface area contributed by atoms with Crippen molar-refractivity contribution in [3.05, 3.63) is 59.5 Å². The van der Waals surface area contributed by atoms with Gasteiger partial charge in [0.15, 0.2) is 5.82 Å². The lowest BCUT2D eigenvalue weighted by atomic mass is 9.99. The van der Waals surface area contributed by atoms with Crippen molar-refractivity contribution in [3.8, 4) is 5.69 Å². The lowest BCUT2D eigenvalue weighted by Gasteiger charge is -2.35. The molecule has 7 nitrogen and oxygen atoms in total. The highest BCUT2D eigenvalue weighted by Crippen LogP contribution is 2.31. The van der Waals surface area contributed by atoms with Crippen molar-refractivity contribution in [1.82, 2.24) is 24.8 Å². The first-order valence-electron chi connectivity index (χ1n) is 9.81. The van der Waals surface area contributed by atoms with Gasteiger partial charge in [0.1, 0.15) is 12.1 Å². The third kappa shape index (κ3) is 3.56. The zero-order chi connectivity index (χ0) is 19.5. The third-order valence-corrected chi connectivity index (χ3v) is 5.50. The molecule has 28 heavy (non-hydrogen) atoms. The van der Waals surface area contributed by atoms with E-state index in [1.54, 1.807) is 6.33 Å². The van der Waals surface area contributed by atoms with Crippen LogP contribution in [0.15, 0.2) is 41.2 Å². The number of carbonyl (C=O) groups is 1. The number of hydrogen-bond acceptors (Lipinski definition) is 5. The number of piperidine rings is 1. The van der Waals surface area contributed by atoms with Crippen LogP contribution in [0.3, 0.4) is 0 Å². The maximum absolute atomic E-state index is 13.1. The van der Waals surface area contributed by atoms with Crippen LogP contribution < -0.4 is 0 Å². The molecule has 4 rings (SSSR count). The van der Waals surface area contributed by atoms with Crippen molar-refractivity contribution < 1.29 is 9.32 Å². The second-order valence-electron chi connectivity index (χ2n) is 7.30. The summed E-state index contributed by atoms with van der Waals surface area (Å²) in [5, 5.41) is 12.5. The Labute approximate surface area is 164 Å². The Morgan fingerprint density at radius 3 is 2.79 bits per heavy atom. The number of amides is 1. The fraction of sp³-hybridized carbons (Fsp3) is 0.429. The van der Waals surface area contributed by atoms with E-state index < -0.39 is 0 Å². The third-order valence-electron chi connectivity index (χ3n) is 5.50. The summed E-state index contributed by atoms with van der Waals surface area (Å²) in [4.78, 5) is 15.1. The summed E-state index contributed by atoms with van der Waals surface area (Å²) >= 11 is 0. The number of hydrogen-bond donors (Lipinski definition) is 0. The van der Waals surface area contributed by atoms with Crippen LogP contribution in [0.1, 0.15) is 54.6 Å². The lowest BCUT2D eigenvalue weighted by Crippen LogP contribution is -2.39. The van der Waals surface area contributed by atoms with E-state index in [4.69, 9.17) is 4.52 Å². The molecule has 146 valence electrons. The van der Waals surface area contributed by atoms with E-state index in [2.05, 4.69) is 15.4 Å². The Morgan fingerprint density at radius 1 is 1.21 bits per heavy atom. The SMILES string of the molecule is Cc1noc(C)c1CCC(=O)N1CCCCC1c1nncn1-c1ccccc1. The number of likely N-dealkylation sites (tertiary alicyclic amines) is 1. The summed E-state index contributed by atoms with van der Waals surface area (Å²) in [5.41, 5.74) is 2.91. The highest BCUT2D eigenvalue weighted by Gasteiger charge is 2.31. The van der Waals surface area contributed by atoms with Crippen LogP contribution in [0.2, 0.25) is 0 Å². The summed E-state index contributed by atoms with van der Waals surface area (Å²) in [6.45, 7) is 4.57. The zero-order valence-electron chi connectivity index (χ0n) is 16.3. The number of aryl methyl sites for hydroxylation is 2. The summed E-state index contributed by atoms with van der Waals surface area (Å²) in [5.74, 6) is 1.77. The molecule has 1 amide bonds. The first kappa shape index (κ1) is 18.4. The van der Waals surface area contributed by atoms with Crippen molar-refractivity contribution >= 4 is 5.91 Å². The van der Waals surface area contributed by atoms with Crippen LogP contribution in [-0.4, -0.2) is 37.3 Å². The van der Waals surface area contributed by atoms with Gasteiger partial charge in [0.25, 0.3) is 0 Å². The maximum Gasteiger partial charge on any atom is 0.223 e. The smallest absolute Gasteiger partial charge is 0.223 e.